The molecular weight excluding hydrogens is 322 g/mol. The van der Waals surface area contributed by atoms with Crippen LogP contribution in [0, 0.1) is 5.41 Å². The van der Waals surface area contributed by atoms with Gasteiger partial charge in [0.2, 0.25) is 0 Å². The summed E-state index contributed by atoms with van der Waals surface area (Å²) in [4.78, 5) is 0. The minimum Gasteiger partial charge on any atom is -0.467 e. The van der Waals surface area contributed by atoms with Gasteiger partial charge >= 0.3 is 0 Å². The molecule has 112 valence electrons. The first-order chi connectivity index (χ1) is 9.40. The van der Waals surface area contributed by atoms with Gasteiger partial charge < -0.3 is 19.6 Å². The Bertz CT molecular complexity index is 455. The summed E-state index contributed by atoms with van der Waals surface area (Å²) in [6.07, 6.45) is 1.30. The van der Waals surface area contributed by atoms with Crippen molar-refractivity contribution in [2.24, 2.45) is 0 Å². The first kappa shape index (κ1) is 17.1. The summed E-state index contributed by atoms with van der Waals surface area (Å²) in [7, 11) is 1.63. The Balaban J connectivity index is 2.94. The van der Waals surface area contributed by atoms with Gasteiger partial charge in [-0.25, -0.2) is 0 Å². The highest BCUT2D eigenvalue weighted by molar-refractivity contribution is 9.10. The van der Waals surface area contributed by atoms with Crippen molar-refractivity contribution in [2.45, 2.75) is 26.2 Å². The number of methoxy groups -OCH3 is 1. The fourth-order valence-corrected chi connectivity index (χ4v) is 2.22. The van der Waals surface area contributed by atoms with Crippen molar-refractivity contribution in [3.05, 3.63) is 27.7 Å². The van der Waals surface area contributed by atoms with Crippen LogP contribution in [0.25, 0.3) is 0 Å². The number of nitrogens with one attached hydrogen (secondary N) is 1. The molecule has 0 unspecified atom stereocenters. The standard InChI is InChI=1S/C15H22BrNO3/c1-15(2,3)13-8-12(16)7-11(9-17)14(13)20-10-19-6-5-18-4/h7-9,17H,5-6,10H2,1-4H3. The first-order valence-electron chi connectivity index (χ1n) is 6.44. The Morgan fingerprint density at radius 2 is 1.95 bits per heavy atom. The molecule has 0 saturated carbocycles. The molecule has 0 aliphatic heterocycles. The molecule has 1 aromatic carbocycles. The third kappa shape index (κ3) is 4.89. The SMILES string of the molecule is COCCOCOc1c(C=N)cc(Br)cc1C(C)(C)C. The van der Waals surface area contributed by atoms with Gasteiger partial charge in [-0.05, 0) is 17.5 Å². The molecule has 0 amide bonds. The Kier molecular flexibility index (Phi) is 6.65. The molecule has 1 N–H and O–H groups in total. The molecule has 0 spiro atoms. The third-order valence-electron chi connectivity index (χ3n) is 2.76. The second-order valence-electron chi connectivity index (χ2n) is 5.43. The molecule has 0 heterocycles. The van der Waals surface area contributed by atoms with Crippen LogP contribution >= 0.6 is 15.9 Å². The summed E-state index contributed by atoms with van der Waals surface area (Å²) < 4.78 is 16.9. The average molecular weight is 344 g/mol. The van der Waals surface area contributed by atoms with Crippen molar-refractivity contribution in [3.63, 3.8) is 0 Å². The second kappa shape index (κ2) is 7.76. The minimum absolute atomic E-state index is 0.0800. The van der Waals surface area contributed by atoms with Crippen LogP contribution in [-0.2, 0) is 14.9 Å². The average Bonchev–Trinajstić information content (AvgIpc) is 2.38. The van der Waals surface area contributed by atoms with Gasteiger partial charge in [0, 0.05) is 28.9 Å². The van der Waals surface area contributed by atoms with Crippen LogP contribution in [0.5, 0.6) is 5.75 Å². The predicted molar refractivity (Wildman–Crippen MR) is 84.1 cm³/mol. The fourth-order valence-electron chi connectivity index (χ4n) is 1.74. The van der Waals surface area contributed by atoms with E-state index >= 15 is 0 Å². The van der Waals surface area contributed by atoms with E-state index in [0.29, 0.717) is 19.0 Å². The molecule has 0 atom stereocenters. The normalized spacial score (nSPS) is 11.4. The van der Waals surface area contributed by atoms with Gasteiger partial charge in [-0.3, -0.25) is 0 Å². The minimum atomic E-state index is -0.0800. The van der Waals surface area contributed by atoms with Crippen LogP contribution in [0.15, 0.2) is 16.6 Å². The highest BCUT2D eigenvalue weighted by Crippen LogP contribution is 2.36. The Hall–Kier alpha value is -0.910. The van der Waals surface area contributed by atoms with Gasteiger partial charge in [0.25, 0.3) is 0 Å². The smallest absolute Gasteiger partial charge is 0.189 e. The number of benzene rings is 1. The summed E-state index contributed by atoms with van der Waals surface area (Å²) in [6, 6.07) is 3.89. The number of hydrogen-bond acceptors (Lipinski definition) is 4. The predicted octanol–water partition coefficient (Wildman–Crippen LogP) is 3.74. The zero-order valence-corrected chi connectivity index (χ0v) is 14.0. The second-order valence-corrected chi connectivity index (χ2v) is 6.34. The van der Waals surface area contributed by atoms with Crippen LogP contribution in [0.2, 0.25) is 0 Å². The van der Waals surface area contributed by atoms with Gasteiger partial charge in [0.1, 0.15) is 5.75 Å². The highest BCUT2D eigenvalue weighted by atomic mass is 79.9. The lowest BCUT2D eigenvalue weighted by Crippen LogP contribution is -2.16. The molecule has 0 bridgehead atoms. The molecule has 4 nitrogen and oxygen atoms in total. The van der Waals surface area contributed by atoms with E-state index in [1.165, 1.54) is 6.21 Å². The molecule has 0 fully saturated rings. The topological polar surface area (TPSA) is 51.5 Å². The van der Waals surface area contributed by atoms with Gasteiger partial charge in [-0.1, -0.05) is 36.7 Å². The molecule has 0 saturated heterocycles. The number of hydrogen-bond donors (Lipinski definition) is 1. The van der Waals surface area contributed by atoms with Gasteiger partial charge in [0.05, 0.1) is 13.2 Å². The van der Waals surface area contributed by atoms with E-state index in [1.807, 2.05) is 12.1 Å². The molecule has 20 heavy (non-hydrogen) atoms. The molecule has 1 rings (SSSR count). The van der Waals surface area contributed by atoms with Gasteiger partial charge in [-0.15, -0.1) is 0 Å². The van der Waals surface area contributed by atoms with Crippen molar-refractivity contribution < 1.29 is 14.2 Å². The van der Waals surface area contributed by atoms with Gasteiger partial charge in [-0.2, -0.15) is 0 Å². The van der Waals surface area contributed by atoms with E-state index in [9.17, 15) is 0 Å². The largest absolute Gasteiger partial charge is 0.467 e. The van der Waals surface area contributed by atoms with Crippen LogP contribution in [0.4, 0.5) is 0 Å². The maximum atomic E-state index is 7.54. The first-order valence-corrected chi connectivity index (χ1v) is 7.23. The summed E-state index contributed by atoms with van der Waals surface area (Å²) in [5, 5.41) is 7.54. The molecule has 0 aliphatic carbocycles. The monoisotopic (exact) mass is 343 g/mol. The summed E-state index contributed by atoms with van der Waals surface area (Å²) in [5.41, 5.74) is 1.70. The third-order valence-corrected chi connectivity index (χ3v) is 3.22. The van der Waals surface area contributed by atoms with Crippen LogP contribution < -0.4 is 4.74 Å². The van der Waals surface area contributed by atoms with Crippen molar-refractivity contribution in [3.8, 4) is 5.75 Å². The zero-order chi connectivity index (χ0) is 15.2. The number of halogens is 1. The lowest BCUT2D eigenvalue weighted by atomic mass is 9.85. The van der Waals surface area contributed by atoms with Crippen molar-refractivity contribution in [1.29, 1.82) is 5.41 Å². The van der Waals surface area contributed by atoms with Crippen molar-refractivity contribution in [1.82, 2.24) is 0 Å². The number of ether oxygens (including phenoxy) is 3. The van der Waals surface area contributed by atoms with Crippen LogP contribution in [-0.4, -0.2) is 33.3 Å². The molecule has 0 aromatic heterocycles. The van der Waals surface area contributed by atoms with Crippen molar-refractivity contribution >= 4 is 22.1 Å². The Morgan fingerprint density at radius 1 is 1.25 bits per heavy atom. The van der Waals surface area contributed by atoms with E-state index in [-0.39, 0.29) is 12.2 Å². The van der Waals surface area contributed by atoms with E-state index in [2.05, 4.69) is 36.7 Å². The van der Waals surface area contributed by atoms with E-state index in [0.717, 1.165) is 15.6 Å². The lowest BCUT2D eigenvalue weighted by Gasteiger charge is -2.24. The Labute approximate surface area is 129 Å². The maximum Gasteiger partial charge on any atom is 0.189 e. The Morgan fingerprint density at radius 3 is 2.50 bits per heavy atom. The maximum absolute atomic E-state index is 7.54. The van der Waals surface area contributed by atoms with E-state index in [4.69, 9.17) is 19.6 Å². The molecule has 0 aliphatic rings. The molecule has 1 aromatic rings. The summed E-state index contributed by atoms with van der Waals surface area (Å²) in [6.45, 7) is 7.50. The number of rotatable bonds is 7. The molecular formula is C15H22BrNO3. The lowest BCUT2D eigenvalue weighted by molar-refractivity contribution is -0.00924. The summed E-state index contributed by atoms with van der Waals surface area (Å²) in [5.74, 6) is 0.702. The van der Waals surface area contributed by atoms with E-state index < -0.39 is 0 Å². The van der Waals surface area contributed by atoms with Crippen LogP contribution in [0.3, 0.4) is 0 Å². The van der Waals surface area contributed by atoms with Crippen LogP contribution in [0.1, 0.15) is 31.9 Å². The quantitative estimate of drug-likeness (QED) is 0.466. The molecule has 0 radical (unpaired) electrons. The van der Waals surface area contributed by atoms with Crippen molar-refractivity contribution in [2.75, 3.05) is 27.1 Å². The van der Waals surface area contributed by atoms with E-state index in [1.54, 1.807) is 7.11 Å². The molecule has 5 heteroatoms. The zero-order valence-electron chi connectivity index (χ0n) is 12.5. The fraction of sp³-hybridized carbons (Fsp3) is 0.533. The van der Waals surface area contributed by atoms with Gasteiger partial charge in [0.15, 0.2) is 6.79 Å². The summed E-state index contributed by atoms with van der Waals surface area (Å²) >= 11 is 3.48. The highest BCUT2D eigenvalue weighted by Gasteiger charge is 2.22.